The zero-order valence-corrected chi connectivity index (χ0v) is 50.9. The van der Waals surface area contributed by atoms with Gasteiger partial charge in [-0.25, -0.2) is 8.78 Å². The van der Waals surface area contributed by atoms with Crippen molar-refractivity contribution in [3.8, 4) is 90.2 Å². The topological polar surface area (TPSA) is 58.0 Å². The van der Waals surface area contributed by atoms with Crippen molar-refractivity contribution in [2.45, 2.75) is 79.1 Å². The van der Waals surface area contributed by atoms with Crippen LogP contribution in [-0.4, -0.2) is 19.1 Å². The van der Waals surface area contributed by atoms with Crippen LogP contribution >= 0.6 is 0 Å². The van der Waals surface area contributed by atoms with Crippen LogP contribution < -0.4 is 4.74 Å². The maximum Gasteiger partial charge on any atom is 2.00 e. The van der Waals surface area contributed by atoms with Gasteiger partial charge in [-0.05, 0) is 156 Å². The van der Waals surface area contributed by atoms with Gasteiger partial charge in [0.1, 0.15) is 11.6 Å². The largest absolute Gasteiger partial charge is 2.00 e. The molecule has 0 saturated heterocycles. The van der Waals surface area contributed by atoms with Crippen LogP contribution in [-0.2, 0) is 21.1 Å². The van der Waals surface area contributed by atoms with Crippen molar-refractivity contribution in [2.24, 2.45) is 0 Å². The fourth-order valence-corrected chi connectivity index (χ4v) is 11.8. The van der Waals surface area contributed by atoms with Crippen LogP contribution in [0.15, 0.2) is 211 Å². The molecule has 0 unspecified atom stereocenters. The van der Waals surface area contributed by atoms with Crippen LogP contribution in [0.5, 0.6) is 11.5 Å². The van der Waals surface area contributed by atoms with Gasteiger partial charge in [0.05, 0.1) is 51.3 Å². The molecule has 6 nitrogen and oxygen atoms in total. The van der Waals surface area contributed by atoms with Crippen LogP contribution in [0.25, 0.3) is 112 Å². The molecule has 85 heavy (non-hydrogen) atoms. The summed E-state index contributed by atoms with van der Waals surface area (Å²) >= 11 is 0. The van der Waals surface area contributed by atoms with Crippen molar-refractivity contribution in [2.75, 3.05) is 0 Å². The van der Waals surface area contributed by atoms with Gasteiger partial charge in [-0.1, -0.05) is 183 Å². The third kappa shape index (κ3) is 10.7. The van der Waals surface area contributed by atoms with Gasteiger partial charge in [-0.3, -0.25) is 9.97 Å². The van der Waals surface area contributed by atoms with Gasteiger partial charge in [0.15, 0.2) is 0 Å². The fourth-order valence-electron chi connectivity index (χ4n) is 11.8. The molecule has 0 aliphatic rings. The summed E-state index contributed by atoms with van der Waals surface area (Å²) in [4.78, 5) is 10.8. The summed E-state index contributed by atoms with van der Waals surface area (Å²) in [6, 6.07) is 73.9. The molecule has 0 amide bonds. The Kier molecular flexibility index (Phi) is 15.4. The SMILES string of the molecule is CC(C)c1cc(-c2ccccc2)cc(C(C)C)c1-n1c(-c2[c-]c(Oc3[c-]c(-c4nc5cc(-c6cc(F)cc(F)c6)ccc5n4-c4c(C(C)C)cc(-c5ccc(-c6ccccc6)cc5)cc4C(C)C)cc4occc34)ccc2)nc2ccccc21.[Pt+2]. The quantitative estimate of drug-likeness (QED) is 0.102. The molecule has 0 N–H and O–H groups in total. The summed E-state index contributed by atoms with van der Waals surface area (Å²) in [5, 5.41) is 0.720. The number of hydrogen-bond acceptors (Lipinski definition) is 4. The number of halogens is 2. The Balaban J connectivity index is 0.00000709. The van der Waals surface area contributed by atoms with Crippen molar-refractivity contribution < 1.29 is 39.0 Å². The van der Waals surface area contributed by atoms with Gasteiger partial charge < -0.3 is 18.3 Å². The first kappa shape index (κ1) is 56.5. The summed E-state index contributed by atoms with van der Waals surface area (Å²) < 4.78 is 47.5. The molecule has 0 saturated carbocycles. The number of imidazole rings is 2. The Bertz CT molecular complexity index is 4530. The predicted octanol–water partition coefficient (Wildman–Crippen LogP) is 21.3. The molecule has 13 rings (SSSR count). The molecule has 0 fully saturated rings. The Labute approximate surface area is 509 Å². The van der Waals surface area contributed by atoms with Crippen molar-refractivity contribution in [3.05, 3.63) is 252 Å². The second-order valence-corrected chi connectivity index (χ2v) is 23.1. The molecule has 13 aromatic rings. The molecule has 0 radical (unpaired) electrons. The zero-order chi connectivity index (χ0) is 57.9. The van der Waals surface area contributed by atoms with E-state index in [0.717, 1.165) is 78.6 Å². The number of para-hydroxylation sites is 2. The number of benzene rings is 10. The smallest absolute Gasteiger partial charge is 0.496 e. The van der Waals surface area contributed by atoms with Gasteiger partial charge in [0.25, 0.3) is 0 Å². The molecule has 0 bridgehead atoms. The molecule has 3 aromatic heterocycles. The fraction of sp³-hybridized carbons (Fsp3) is 0.158. The van der Waals surface area contributed by atoms with Crippen LogP contribution in [0, 0.1) is 23.8 Å². The van der Waals surface area contributed by atoms with E-state index in [1.165, 1.54) is 39.9 Å². The number of aromatic nitrogens is 4. The summed E-state index contributed by atoms with van der Waals surface area (Å²) in [5.74, 6) is 1.46. The number of furan rings is 1. The Morgan fingerprint density at radius 3 is 1.46 bits per heavy atom. The summed E-state index contributed by atoms with van der Waals surface area (Å²) in [6.45, 7) is 17.9. The third-order valence-electron chi connectivity index (χ3n) is 16.0. The number of ether oxygens (including phenoxy) is 1. The number of hydrogen-bond donors (Lipinski definition) is 0. The van der Waals surface area contributed by atoms with Gasteiger partial charge in [0.2, 0.25) is 0 Å². The van der Waals surface area contributed by atoms with E-state index >= 15 is 0 Å². The standard InChI is InChI=1S/C76H62F2N4O2.Pt/c1-45(2)63-37-56(50-20-13-10-14-21-50)38-64(46(3)4)73(63)81-69-25-16-15-24-67(69)79-75(81)54-22-17-23-61(36-54)84-72-43-58(42-71-62(72)32-33-83-71)76-80-68-41-53(55-34-59(77)44-60(78)35-55)30-31-70(68)82(76)74-65(47(5)6)39-57(40-66(74)48(7)8)52-28-26-51(27-29-52)49-18-11-9-12-19-49;/h9-35,37-42,44-48H,1-8H3;/q-2;+2. The molecule has 10 aromatic carbocycles. The summed E-state index contributed by atoms with van der Waals surface area (Å²) in [7, 11) is 0. The van der Waals surface area contributed by atoms with Crippen molar-refractivity contribution in [1.29, 1.82) is 0 Å². The number of rotatable bonds is 14. The van der Waals surface area contributed by atoms with E-state index in [1.807, 2.05) is 60.7 Å². The van der Waals surface area contributed by atoms with E-state index in [-0.39, 0.29) is 44.7 Å². The van der Waals surface area contributed by atoms with Gasteiger partial charge >= 0.3 is 21.1 Å². The Hall–Kier alpha value is -8.97. The second kappa shape index (κ2) is 23.2. The average Bonchev–Trinajstić information content (AvgIpc) is 2.25. The molecule has 9 heteroatoms. The normalized spacial score (nSPS) is 11.7. The van der Waals surface area contributed by atoms with Crippen molar-refractivity contribution >= 4 is 33.0 Å². The minimum atomic E-state index is -0.654. The third-order valence-corrected chi connectivity index (χ3v) is 16.0. The molecule has 0 aliphatic heterocycles. The maximum atomic E-state index is 14.8. The monoisotopic (exact) mass is 1300 g/mol. The van der Waals surface area contributed by atoms with Crippen LogP contribution in [0.3, 0.4) is 0 Å². The second-order valence-electron chi connectivity index (χ2n) is 23.1. The van der Waals surface area contributed by atoms with E-state index in [4.69, 9.17) is 19.1 Å². The minimum absolute atomic E-state index is 0. The van der Waals surface area contributed by atoms with Crippen molar-refractivity contribution in [3.63, 3.8) is 0 Å². The number of nitrogens with zero attached hydrogens (tertiary/aromatic N) is 4. The van der Waals surface area contributed by atoms with E-state index in [2.05, 4.69) is 198 Å². The van der Waals surface area contributed by atoms with Crippen molar-refractivity contribution in [1.82, 2.24) is 19.1 Å². The molecule has 422 valence electrons. The predicted molar refractivity (Wildman–Crippen MR) is 339 cm³/mol. The van der Waals surface area contributed by atoms with Gasteiger partial charge in [-0.15, -0.1) is 29.3 Å². The maximum absolute atomic E-state index is 14.8. The van der Waals surface area contributed by atoms with Crippen LogP contribution in [0.2, 0.25) is 0 Å². The molecule has 0 spiro atoms. The summed E-state index contributed by atoms with van der Waals surface area (Å²) in [6.07, 6.45) is 1.66. The van der Waals surface area contributed by atoms with Crippen LogP contribution in [0.1, 0.15) is 101 Å². The van der Waals surface area contributed by atoms with E-state index in [9.17, 15) is 8.78 Å². The Morgan fingerprint density at radius 1 is 0.412 bits per heavy atom. The Morgan fingerprint density at radius 2 is 0.882 bits per heavy atom. The number of fused-ring (bicyclic) bond motifs is 3. The first-order chi connectivity index (χ1) is 40.7. The van der Waals surface area contributed by atoms with E-state index < -0.39 is 11.6 Å². The van der Waals surface area contributed by atoms with E-state index in [1.54, 1.807) is 6.26 Å². The van der Waals surface area contributed by atoms with Gasteiger partial charge in [-0.2, -0.15) is 0 Å². The van der Waals surface area contributed by atoms with Gasteiger partial charge in [0, 0.05) is 23.2 Å². The molecular weight excluding hydrogens is 1230 g/mol. The van der Waals surface area contributed by atoms with E-state index in [0.29, 0.717) is 45.1 Å². The zero-order valence-electron chi connectivity index (χ0n) is 48.6. The average molecular weight is 1300 g/mol. The first-order valence-corrected chi connectivity index (χ1v) is 28.9. The first-order valence-electron chi connectivity index (χ1n) is 28.9. The molecular formula is C76H62F2N4O2Pt. The minimum Gasteiger partial charge on any atom is -0.496 e. The molecule has 0 aliphatic carbocycles. The summed E-state index contributed by atoms with van der Waals surface area (Å²) in [5.41, 5.74) is 20.0. The molecule has 0 atom stereocenters. The van der Waals surface area contributed by atoms with Crippen LogP contribution in [0.4, 0.5) is 8.78 Å². The molecule has 3 heterocycles.